The minimum atomic E-state index is -0.183. The molecule has 1 aliphatic heterocycles. The molecule has 6 heteroatoms. The van der Waals surface area contributed by atoms with E-state index in [1.807, 2.05) is 25.1 Å². The van der Waals surface area contributed by atoms with Gasteiger partial charge in [0.05, 0.1) is 6.04 Å². The summed E-state index contributed by atoms with van der Waals surface area (Å²) in [6.07, 6.45) is 3.59. The van der Waals surface area contributed by atoms with Crippen molar-refractivity contribution in [2.24, 2.45) is 0 Å². The smallest absolute Gasteiger partial charge is 0.315 e. The van der Waals surface area contributed by atoms with E-state index in [0.717, 1.165) is 44.6 Å². The first kappa shape index (κ1) is 22.2. The number of benzene rings is 1. The molecule has 0 aliphatic carbocycles. The summed E-state index contributed by atoms with van der Waals surface area (Å²) >= 11 is 0. The summed E-state index contributed by atoms with van der Waals surface area (Å²) in [4.78, 5) is 28.8. The number of anilines is 1. The van der Waals surface area contributed by atoms with E-state index >= 15 is 0 Å². The molecule has 28 heavy (non-hydrogen) atoms. The highest BCUT2D eigenvalue weighted by molar-refractivity contribution is 5.96. The number of urea groups is 1. The highest BCUT2D eigenvalue weighted by atomic mass is 16.2. The number of rotatable bonds is 10. The van der Waals surface area contributed by atoms with Crippen LogP contribution < -0.4 is 15.5 Å². The lowest BCUT2D eigenvalue weighted by Gasteiger charge is -2.21. The van der Waals surface area contributed by atoms with Crippen molar-refractivity contribution in [1.29, 1.82) is 0 Å². The van der Waals surface area contributed by atoms with Gasteiger partial charge in [0, 0.05) is 25.2 Å². The van der Waals surface area contributed by atoms with Gasteiger partial charge in [-0.15, -0.1) is 0 Å². The van der Waals surface area contributed by atoms with E-state index in [1.165, 1.54) is 11.1 Å². The summed E-state index contributed by atoms with van der Waals surface area (Å²) in [6, 6.07) is 5.71. The summed E-state index contributed by atoms with van der Waals surface area (Å²) in [5.41, 5.74) is 3.28. The highest BCUT2D eigenvalue weighted by Gasteiger charge is 2.31. The van der Waals surface area contributed by atoms with Gasteiger partial charge in [-0.25, -0.2) is 4.79 Å². The van der Waals surface area contributed by atoms with Gasteiger partial charge in [0.15, 0.2) is 0 Å². The molecule has 0 saturated carbocycles. The molecule has 0 spiro atoms. The van der Waals surface area contributed by atoms with Gasteiger partial charge in [0.2, 0.25) is 5.91 Å². The highest BCUT2D eigenvalue weighted by Crippen LogP contribution is 2.24. The fraction of sp³-hybridized carbons (Fsp3) is 0.636. The van der Waals surface area contributed by atoms with E-state index in [-0.39, 0.29) is 18.0 Å². The van der Waals surface area contributed by atoms with Crippen LogP contribution in [0, 0.1) is 13.8 Å². The Bertz CT molecular complexity index is 656. The third-order valence-corrected chi connectivity index (χ3v) is 5.28. The van der Waals surface area contributed by atoms with Crippen LogP contribution in [0.2, 0.25) is 0 Å². The Kier molecular flexibility index (Phi) is 8.77. The first-order chi connectivity index (χ1) is 13.4. The second-order valence-corrected chi connectivity index (χ2v) is 7.77. The van der Waals surface area contributed by atoms with Crippen LogP contribution in [0.3, 0.4) is 0 Å². The van der Waals surface area contributed by atoms with Crippen molar-refractivity contribution in [3.8, 4) is 0 Å². The SMILES string of the molecule is CCCN(CCC)CCCNC(=O)N[C@H]1CC(=O)N(c2ccc(C)c(C)c2)C1. The number of carbonyl (C=O) groups is 2. The molecule has 0 unspecified atom stereocenters. The first-order valence-electron chi connectivity index (χ1n) is 10.6. The number of nitrogens with zero attached hydrogens (tertiary/aromatic N) is 2. The summed E-state index contributed by atoms with van der Waals surface area (Å²) in [7, 11) is 0. The topological polar surface area (TPSA) is 64.7 Å². The molecule has 2 N–H and O–H groups in total. The molecule has 0 radical (unpaired) electrons. The molecule has 1 atom stereocenters. The monoisotopic (exact) mass is 388 g/mol. The van der Waals surface area contributed by atoms with Gasteiger partial charge in [-0.1, -0.05) is 19.9 Å². The number of hydrogen-bond acceptors (Lipinski definition) is 3. The van der Waals surface area contributed by atoms with Crippen LogP contribution in [0.5, 0.6) is 0 Å². The minimum Gasteiger partial charge on any atom is -0.338 e. The number of hydrogen-bond donors (Lipinski definition) is 2. The lowest BCUT2D eigenvalue weighted by Crippen LogP contribution is -2.44. The van der Waals surface area contributed by atoms with E-state index in [9.17, 15) is 9.59 Å². The van der Waals surface area contributed by atoms with Crippen molar-refractivity contribution in [3.63, 3.8) is 0 Å². The zero-order chi connectivity index (χ0) is 20.5. The summed E-state index contributed by atoms with van der Waals surface area (Å²) in [6.45, 7) is 12.9. The minimum absolute atomic E-state index is 0.0586. The standard InChI is InChI=1S/C22H36N4O2/c1-5-11-25(12-6-2)13-7-10-23-22(28)24-19-15-21(27)26(16-19)20-9-8-17(3)18(4)14-20/h8-9,14,19H,5-7,10-13,15-16H2,1-4H3,(H2,23,24,28)/t19-/m0/s1. The van der Waals surface area contributed by atoms with Crippen LogP contribution in [-0.4, -0.2) is 55.6 Å². The maximum absolute atomic E-state index is 12.4. The van der Waals surface area contributed by atoms with Gasteiger partial charge >= 0.3 is 6.03 Å². The normalized spacial score (nSPS) is 16.7. The molecule has 1 aromatic rings. The number of aryl methyl sites for hydroxylation is 2. The van der Waals surface area contributed by atoms with Crippen LogP contribution >= 0.6 is 0 Å². The third-order valence-electron chi connectivity index (χ3n) is 5.28. The van der Waals surface area contributed by atoms with Crippen LogP contribution in [0.4, 0.5) is 10.5 Å². The van der Waals surface area contributed by atoms with Crippen molar-refractivity contribution in [3.05, 3.63) is 29.3 Å². The number of carbonyl (C=O) groups excluding carboxylic acids is 2. The quantitative estimate of drug-likeness (QED) is 0.605. The van der Waals surface area contributed by atoms with E-state index in [1.54, 1.807) is 4.90 Å². The van der Waals surface area contributed by atoms with Crippen molar-refractivity contribution < 1.29 is 9.59 Å². The average molecular weight is 389 g/mol. The largest absolute Gasteiger partial charge is 0.338 e. The second kappa shape index (κ2) is 11.1. The van der Waals surface area contributed by atoms with Crippen molar-refractivity contribution in [2.75, 3.05) is 37.6 Å². The van der Waals surface area contributed by atoms with Crippen molar-refractivity contribution >= 4 is 17.6 Å². The zero-order valence-corrected chi connectivity index (χ0v) is 17.9. The Labute approximate surface area is 169 Å². The number of amides is 3. The molecule has 1 aliphatic rings. The molecule has 0 bridgehead atoms. The molecule has 0 aromatic heterocycles. The molecule has 1 aromatic carbocycles. The molecule has 1 fully saturated rings. The van der Waals surface area contributed by atoms with Crippen LogP contribution in [0.1, 0.15) is 50.7 Å². The molecular formula is C22H36N4O2. The molecule has 1 saturated heterocycles. The zero-order valence-electron chi connectivity index (χ0n) is 17.9. The second-order valence-electron chi connectivity index (χ2n) is 7.77. The molecule has 2 rings (SSSR count). The third kappa shape index (κ3) is 6.51. The van der Waals surface area contributed by atoms with Gasteiger partial charge in [-0.2, -0.15) is 0 Å². The van der Waals surface area contributed by atoms with E-state index < -0.39 is 0 Å². The predicted molar refractivity (Wildman–Crippen MR) is 115 cm³/mol. The Balaban J connectivity index is 1.74. The summed E-state index contributed by atoms with van der Waals surface area (Å²) < 4.78 is 0. The fourth-order valence-electron chi connectivity index (χ4n) is 3.66. The Morgan fingerprint density at radius 3 is 2.50 bits per heavy atom. The molecule has 6 nitrogen and oxygen atoms in total. The van der Waals surface area contributed by atoms with Gasteiger partial charge in [-0.3, -0.25) is 4.79 Å². The van der Waals surface area contributed by atoms with E-state index in [4.69, 9.17) is 0 Å². The molecule has 3 amide bonds. The van der Waals surface area contributed by atoms with Gasteiger partial charge in [0.1, 0.15) is 0 Å². The lowest BCUT2D eigenvalue weighted by molar-refractivity contribution is -0.117. The summed E-state index contributed by atoms with van der Waals surface area (Å²) in [5, 5.41) is 5.88. The maximum Gasteiger partial charge on any atom is 0.315 e. The van der Waals surface area contributed by atoms with Crippen LogP contribution in [0.25, 0.3) is 0 Å². The van der Waals surface area contributed by atoms with Crippen molar-refractivity contribution in [2.45, 2.75) is 59.4 Å². The van der Waals surface area contributed by atoms with Gasteiger partial charge in [-0.05, 0) is 76.0 Å². The van der Waals surface area contributed by atoms with Crippen LogP contribution in [0.15, 0.2) is 18.2 Å². The maximum atomic E-state index is 12.4. The first-order valence-corrected chi connectivity index (χ1v) is 10.6. The Morgan fingerprint density at radius 1 is 1.14 bits per heavy atom. The van der Waals surface area contributed by atoms with Gasteiger partial charge < -0.3 is 20.4 Å². The Hall–Kier alpha value is -2.08. The van der Waals surface area contributed by atoms with E-state index in [2.05, 4.69) is 36.3 Å². The summed E-state index contributed by atoms with van der Waals surface area (Å²) in [5.74, 6) is 0.0586. The molecule has 156 valence electrons. The fourth-order valence-corrected chi connectivity index (χ4v) is 3.66. The van der Waals surface area contributed by atoms with E-state index in [0.29, 0.717) is 19.5 Å². The molecule has 1 heterocycles. The average Bonchev–Trinajstić information content (AvgIpc) is 3.01. The lowest BCUT2D eigenvalue weighted by atomic mass is 10.1. The predicted octanol–water partition coefficient (Wildman–Crippen LogP) is 3.22. The van der Waals surface area contributed by atoms with Crippen LogP contribution in [-0.2, 0) is 4.79 Å². The number of nitrogens with one attached hydrogen (secondary N) is 2. The molecular weight excluding hydrogens is 352 g/mol. The van der Waals surface area contributed by atoms with Gasteiger partial charge in [0.25, 0.3) is 0 Å². The van der Waals surface area contributed by atoms with Crippen molar-refractivity contribution in [1.82, 2.24) is 15.5 Å². The Morgan fingerprint density at radius 2 is 1.86 bits per heavy atom.